The van der Waals surface area contributed by atoms with Crippen molar-refractivity contribution < 1.29 is 4.79 Å². The summed E-state index contributed by atoms with van der Waals surface area (Å²) in [5, 5.41) is 22.7. The summed E-state index contributed by atoms with van der Waals surface area (Å²) in [5.41, 5.74) is 2.36. The number of hydrogen-bond donors (Lipinski definition) is 2. The van der Waals surface area contributed by atoms with Gasteiger partial charge in [0.2, 0.25) is 5.91 Å². The van der Waals surface area contributed by atoms with Gasteiger partial charge >= 0.3 is 0 Å². The van der Waals surface area contributed by atoms with Crippen molar-refractivity contribution in [3.05, 3.63) is 35.5 Å². The Morgan fingerprint density at radius 2 is 2.00 bits per heavy atom. The fourth-order valence-electron chi connectivity index (χ4n) is 1.33. The number of nitrogens with one attached hydrogen (secondary N) is 2. The van der Waals surface area contributed by atoms with Gasteiger partial charge in [-0.3, -0.25) is 4.79 Å². The third-order valence-corrected chi connectivity index (χ3v) is 2.16. The van der Waals surface area contributed by atoms with E-state index in [1.165, 1.54) is 13.1 Å². The van der Waals surface area contributed by atoms with Gasteiger partial charge in [0, 0.05) is 24.5 Å². The number of aryl methyl sites for hydroxylation is 1. The lowest BCUT2D eigenvalue weighted by molar-refractivity contribution is -0.114. The lowest BCUT2D eigenvalue weighted by Crippen LogP contribution is -2.07. The molecule has 0 spiro atoms. The fourth-order valence-corrected chi connectivity index (χ4v) is 1.33. The van der Waals surface area contributed by atoms with E-state index in [0.717, 1.165) is 16.9 Å². The molecule has 0 heterocycles. The maximum Gasteiger partial charge on any atom is 0.221 e. The zero-order valence-corrected chi connectivity index (χ0v) is 10.1. The molecule has 0 aliphatic carbocycles. The second-order valence-electron chi connectivity index (χ2n) is 3.64. The number of nitriles is 2. The molecule has 0 bridgehead atoms. The standard InChI is InChI=1S/C13H12N4O/c1-9-5-12(16-8-11(6-14)7-15)3-4-13(9)17-10(2)18/h3-5,8,16H,1-2H3,(H,17,18). The van der Waals surface area contributed by atoms with Gasteiger partial charge in [-0.05, 0) is 30.7 Å². The van der Waals surface area contributed by atoms with Crippen LogP contribution in [0, 0.1) is 29.6 Å². The van der Waals surface area contributed by atoms with Crippen LogP contribution < -0.4 is 10.6 Å². The zero-order valence-electron chi connectivity index (χ0n) is 10.1. The normalized spacial score (nSPS) is 8.67. The maximum absolute atomic E-state index is 10.9. The lowest BCUT2D eigenvalue weighted by atomic mass is 10.1. The molecule has 0 saturated carbocycles. The van der Waals surface area contributed by atoms with E-state index in [2.05, 4.69) is 10.6 Å². The number of amides is 1. The molecule has 1 amide bonds. The van der Waals surface area contributed by atoms with E-state index in [1.54, 1.807) is 24.3 Å². The van der Waals surface area contributed by atoms with Crippen molar-refractivity contribution in [2.45, 2.75) is 13.8 Å². The van der Waals surface area contributed by atoms with Gasteiger partial charge in [0.15, 0.2) is 0 Å². The van der Waals surface area contributed by atoms with E-state index >= 15 is 0 Å². The van der Waals surface area contributed by atoms with Crippen molar-refractivity contribution in [2.24, 2.45) is 0 Å². The number of nitrogens with zero attached hydrogens (tertiary/aromatic N) is 2. The molecule has 0 atom stereocenters. The summed E-state index contributed by atoms with van der Waals surface area (Å²) in [7, 11) is 0. The Labute approximate surface area is 105 Å². The number of benzene rings is 1. The first-order valence-electron chi connectivity index (χ1n) is 5.22. The Balaban J connectivity index is 2.86. The number of allylic oxidation sites excluding steroid dienone is 1. The van der Waals surface area contributed by atoms with Crippen LogP contribution in [0.1, 0.15) is 12.5 Å². The van der Waals surface area contributed by atoms with Crippen molar-refractivity contribution in [2.75, 3.05) is 10.6 Å². The fraction of sp³-hybridized carbons (Fsp3) is 0.154. The largest absolute Gasteiger partial charge is 0.360 e. The molecular weight excluding hydrogens is 228 g/mol. The molecule has 5 nitrogen and oxygen atoms in total. The highest BCUT2D eigenvalue weighted by molar-refractivity contribution is 5.89. The SMILES string of the molecule is CC(=O)Nc1ccc(NC=C(C#N)C#N)cc1C. The minimum absolute atomic E-state index is 0.00131. The Bertz CT molecular complexity index is 560. The Kier molecular flexibility index (Phi) is 4.48. The van der Waals surface area contributed by atoms with Crippen LogP contribution in [0.4, 0.5) is 11.4 Å². The topological polar surface area (TPSA) is 88.7 Å². The third-order valence-electron chi connectivity index (χ3n) is 2.16. The number of carbonyl (C=O) groups is 1. The van der Waals surface area contributed by atoms with Crippen molar-refractivity contribution >= 4 is 17.3 Å². The molecule has 2 N–H and O–H groups in total. The van der Waals surface area contributed by atoms with Crippen LogP contribution >= 0.6 is 0 Å². The first kappa shape index (κ1) is 13.3. The maximum atomic E-state index is 10.9. The molecule has 1 rings (SSSR count). The average Bonchev–Trinajstić information content (AvgIpc) is 2.33. The van der Waals surface area contributed by atoms with Gasteiger partial charge in [0.1, 0.15) is 17.7 Å². The van der Waals surface area contributed by atoms with Gasteiger partial charge in [-0.15, -0.1) is 0 Å². The van der Waals surface area contributed by atoms with Gasteiger partial charge in [-0.1, -0.05) is 0 Å². The Morgan fingerprint density at radius 3 is 2.50 bits per heavy atom. The summed E-state index contributed by atoms with van der Waals surface area (Å²) >= 11 is 0. The Morgan fingerprint density at radius 1 is 1.33 bits per heavy atom. The van der Waals surface area contributed by atoms with Crippen LogP contribution in [-0.4, -0.2) is 5.91 Å². The lowest BCUT2D eigenvalue weighted by Gasteiger charge is -2.08. The van der Waals surface area contributed by atoms with E-state index in [1.807, 2.05) is 13.0 Å². The Hall–Kier alpha value is -2.79. The quantitative estimate of drug-likeness (QED) is 0.793. The average molecular weight is 240 g/mol. The van der Waals surface area contributed by atoms with Crippen molar-refractivity contribution in [1.29, 1.82) is 10.5 Å². The van der Waals surface area contributed by atoms with Crippen LogP contribution in [0.15, 0.2) is 30.0 Å². The minimum Gasteiger partial charge on any atom is -0.360 e. The van der Waals surface area contributed by atoms with E-state index in [9.17, 15) is 4.79 Å². The monoisotopic (exact) mass is 240 g/mol. The van der Waals surface area contributed by atoms with E-state index in [4.69, 9.17) is 10.5 Å². The van der Waals surface area contributed by atoms with Crippen LogP contribution in [0.5, 0.6) is 0 Å². The first-order chi connectivity index (χ1) is 8.56. The summed E-state index contributed by atoms with van der Waals surface area (Å²) in [6.07, 6.45) is 1.34. The molecule has 0 aromatic heterocycles. The molecule has 1 aromatic carbocycles. The second kappa shape index (κ2) is 6.07. The van der Waals surface area contributed by atoms with Crippen molar-refractivity contribution in [1.82, 2.24) is 0 Å². The van der Waals surface area contributed by atoms with Crippen molar-refractivity contribution in [3.8, 4) is 12.1 Å². The van der Waals surface area contributed by atoms with E-state index < -0.39 is 0 Å². The third kappa shape index (κ3) is 3.66. The highest BCUT2D eigenvalue weighted by atomic mass is 16.1. The highest BCUT2D eigenvalue weighted by Crippen LogP contribution is 2.19. The molecule has 1 aromatic rings. The highest BCUT2D eigenvalue weighted by Gasteiger charge is 2.01. The summed E-state index contributed by atoms with van der Waals surface area (Å²) < 4.78 is 0. The molecule has 0 radical (unpaired) electrons. The molecule has 0 aliphatic rings. The predicted molar refractivity (Wildman–Crippen MR) is 68.4 cm³/mol. The minimum atomic E-state index is -0.130. The van der Waals surface area contributed by atoms with Gasteiger partial charge < -0.3 is 10.6 Å². The van der Waals surface area contributed by atoms with Crippen LogP contribution in [-0.2, 0) is 4.79 Å². The molecule has 5 heteroatoms. The number of rotatable bonds is 3. The van der Waals surface area contributed by atoms with Gasteiger partial charge in [0.05, 0.1) is 0 Å². The molecule has 0 saturated heterocycles. The first-order valence-corrected chi connectivity index (χ1v) is 5.22. The van der Waals surface area contributed by atoms with Gasteiger partial charge in [0.25, 0.3) is 0 Å². The summed E-state index contributed by atoms with van der Waals surface area (Å²) in [6.45, 7) is 3.30. The summed E-state index contributed by atoms with van der Waals surface area (Å²) in [4.78, 5) is 10.9. The van der Waals surface area contributed by atoms with Gasteiger partial charge in [-0.2, -0.15) is 10.5 Å². The van der Waals surface area contributed by atoms with E-state index in [0.29, 0.717) is 0 Å². The summed E-state index contributed by atoms with van der Waals surface area (Å²) in [6, 6.07) is 8.83. The predicted octanol–water partition coefficient (Wildman–Crippen LogP) is 2.30. The number of carbonyl (C=O) groups excluding carboxylic acids is 1. The second-order valence-corrected chi connectivity index (χ2v) is 3.64. The molecule has 0 unspecified atom stereocenters. The summed E-state index contributed by atoms with van der Waals surface area (Å²) in [5.74, 6) is -0.130. The van der Waals surface area contributed by atoms with Crippen LogP contribution in [0.25, 0.3) is 0 Å². The van der Waals surface area contributed by atoms with Crippen molar-refractivity contribution in [3.63, 3.8) is 0 Å². The zero-order chi connectivity index (χ0) is 13.5. The smallest absolute Gasteiger partial charge is 0.221 e. The number of hydrogen-bond acceptors (Lipinski definition) is 4. The van der Waals surface area contributed by atoms with Crippen LogP contribution in [0.2, 0.25) is 0 Å². The molecule has 0 fully saturated rings. The van der Waals surface area contributed by atoms with Gasteiger partial charge in [-0.25, -0.2) is 0 Å². The molecule has 18 heavy (non-hydrogen) atoms. The molecule has 90 valence electrons. The number of anilines is 2. The molecular formula is C13H12N4O. The van der Waals surface area contributed by atoms with E-state index in [-0.39, 0.29) is 11.5 Å². The molecule has 0 aliphatic heterocycles. The van der Waals surface area contributed by atoms with Crippen LogP contribution in [0.3, 0.4) is 0 Å².